The maximum absolute atomic E-state index is 4.65. The van der Waals surface area contributed by atoms with E-state index in [2.05, 4.69) is 20.9 Å². The molecule has 0 unspecified atom stereocenters. The first-order valence-electron chi connectivity index (χ1n) is 5.68. The second-order valence-corrected chi connectivity index (χ2v) is 4.51. The van der Waals surface area contributed by atoms with Gasteiger partial charge in [-0.05, 0) is 25.7 Å². The molecule has 3 nitrogen and oxygen atoms in total. The van der Waals surface area contributed by atoms with Crippen LogP contribution in [0.15, 0.2) is 16.6 Å². The van der Waals surface area contributed by atoms with E-state index in [0.29, 0.717) is 0 Å². The Morgan fingerprint density at radius 2 is 1.87 bits per heavy atom. The minimum atomic E-state index is 0.867. The van der Waals surface area contributed by atoms with Gasteiger partial charge in [-0.2, -0.15) is 0 Å². The van der Waals surface area contributed by atoms with Crippen molar-refractivity contribution in [1.29, 1.82) is 0 Å². The minimum absolute atomic E-state index is 0.867. The first-order valence-corrected chi connectivity index (χ1v) is 5.68. The zero-order chi connectivity index (χ0) is 11.3. The number of hydrogen-bond acceptors (Lipinski definition) is 1. The Morgan fingerprint density at radius 1 is 1.20 bits per heavy atom. The summed E-state index contributed by atoms with van der Waals surface area (Å²) in [4.78, 5) is 8.76. The Hall–Kier alpha value is -0.990. The van der Waals surface area contributed by atoms with Crippen LogP contribution in [-0.4, -0.2) is 50.5 Å². The Balaban J connectivity index is 2.56. The lowest BCUT2D eigenvalue weighted by molar-refractivity contribution is 0.480. The predicted molar refractivity (Wildman–Crippen MR) is 66.2 cm³/mol. The Labute approximate surface area is 93.5 Å². The summed E-state index contributed by atoms with van der Waals surface area (Å²) in [5.74, 6) is 1.04. The number of guanidine groups is 1. The van der Waals surface area contributed by atoms with Gasteiger partial charge in [0.2, 0.25) is 0 Å². The number of hydrogen-bond donors (Lipinski definition) is 0. The summed E-state index contributed by atoms with van der Waals surface area (Å²) in [6, 6.07) is 0. The van der Waals surface area contributed by atoms with Gasteiger partial charge in [0.1, 0.15) is 0 Å². The van der Waals surface area contributed by atoms with Crippen LogP contribution in [0.2, 0.25) is 0 Å². The summed E-state index contributed by atoms with van der Waals surface area (Å²) in [5, 5.41) is 0. The number of allylic oxidation sites excluding steroid dienone is 1. The second-order valence-electron chi connectivity index (χ2n) is 4.51. The van der Waals surface area contributed by atoms with E-state index >= 15 is 0 Å². The van der Waals surface area contributed by atoms with Crippen molar-refractivity contribution in [3.05, 3.63) is 11.6 Å². The summed E-state index contributed by atoms with van der Waals surface area (Å²) >= 11 is 0. The van der Waals surface area contributed by atoms with Gasteiger partial charge >= 0.3 is 0 Å². The molecule has 0 spiro atoms. The summed E-state index contributed by atoms with van der Waals surface area (Å²) in [7, 11) is 8.14. The molecule has 1 aliphatic carbocycles. The molecule has 0 aliphatic heterocycles. The number of rotatable bonds is 2. The lowest BCUT2D eigenvalue weighted by atomic mass is 10.00. The molecule has 0 N–H and O–H groups in total. The highest BCUT2D eigenvalue weighted by Gasteiger charge is 2.06. The van der Waals surface area contributed by atoms with Crippen molar-refractivity contribution in [3.8, 4) is 0 Å². The quantitative estimate of drug-likeness (QED) is 0.393. The molecule has 15 heavy (non-hydrogen) atoms. The normalized spacial score (nSPS) is 15.6. The standard InChI is InChI=1S/C12H23N3/c1-14(2)12(15(3)4)13-10-11-8-6-5-7-9-11/h8H,5-7,9-10H2,1-4H3. The fraction of sp³-hybridized carbons (Fsp3) is 0.750. The third-order valence-electron chi connectivity index (χ3n) is 2.61. The summed E-state index contributed by atoms with van der Waals surface area (Å²) in [6.07, 6.45) is 7.51. The molecule has 1 rings (SSSR count). The molecule has 0 aromatic carbocycles. The van der Waals surface area contributed by atoms with Crippen LogP contribution in [0, 0.1) is 0 Å². The fourth-order valence-corrected chi connectivity index (χ4v) is 1.90. The van der Waals surface area contributed by atoms with E-state index in [4.69, 9.17) is 0 Å². The van der Waals surface area contributed by atoms with Crippen molar-refractivity contribution in [2.24, 2.45) is 4.99 Å². The molecule has 0 bridgehead atoms. The van der Waals surface area contributed by atoms with E-state index < -0.39 is 0 Å². The lowest BCUT2D eigenvalue weighted by Gasteiger charge is -2.23. The van der Waals surface area contributed by atoms with Crippen molar-refractivity contribution >= 4 is 5.96 Å². The molecule has 1 aliphatic rings. The van der Waals surface area contributed by atoms with Crippen molar-refractivity contribution in [1.82, 2.24) is 9.80 Å². The van der Waals surface area contributed by atoms with Crippen molar-refractivity contribution in [2.75, 3.05) is 34.7 Å². The minimum Gasteiger partial charge on any atom is -0.349 e. The van der Waals surface area contributed by atoms with Crippen LogP contribution in [0.4, 0.5) is 0 Å². The Kier molecular flexibility index (Phi) is 4.66. The van der Waals surface area contributed by atoms with Gasteiger partial charge in [-0.3, -0.25) is 0 Å². The third kappa shape index (κ3) is 3.94. The SMILES string of the molecule is CN(C)C(=NCC1=CCCCC1)N(C)C. The second kappa shape index (κ2) is 5.79. The Bertz CT molecular complexity index is 242. The van der Waals surface area contributed by atoms with E-state index in [0.717, 1.165) is 12.5 Å². The Morgan fingerprint density at radius 3 is 2.33 bits per heavy atom. The highest BCUT2D eigenvalue weighted by molar-refractivity contribution is 5.79. The smallest absolute Gasteiger partial charge is 0.195 e. The summed E-state index contributed by atoms with van der Waals surface area (Å²) in [5.41, 5.74) is 1.50. The van der Waals surface area contributed by atoms with E-state index in [1.165, 1.54) is 31.3 Å². The third-order valence-corrected chi connectivity index (χ3v) is 2.61. The molecule has 0 heterocycles. The fourth-order valence-electron chi connectivity index (χ4n) is 1.90. The average molecular weight is 209 g/mol. The molecule has 0 saturated heterocycles. The molecule has 0 atom stereocenters. The van der Waals surface area contributed by atoms with Gasteiger partial charge in [-0.1, -0.05) is 11.6 Å². The van der Waals surface area contributed by atoms with Crippen molar-refractivity contribution in [2.45, 2.75) is 25.7 Å². The van der Waals surface area contributed by atoms with E-state index in [1.807, 2.05) is 28.2 Å². The molecular weight excluding hydrogens is 186 g/mol. The molecule has 0 amide bonds. The van der Waals surface area contributed by atoms with Gasteiger partial charge in [0.15, 0.2) is 5.96 Å². The van der Waals surface area contributed by atoms with Crippen molar-refractivity contribution in [3.63, 3.8) is 0 Å². The summed E-state index contributed by atoms with van der Waals surface area (Å²) in [6.45, 7) is 0.867. The zero-order valence-electron chi connectivity index (χ0n) is 10.5. The van der Waals surface area contributed by atoms with Gasteiger partial charge in [0, 0.05) is 28.2 Å². The zero-order valence-corrected chi connectivity index (χ0v) is 10.5. The molecule has 86 valence electrons. The molecule has 0 fully saturated rings. The predicted octanol–water partition coefficient (Wildman–Crippen LogP) is 1.97. The van der Waals surface area contributed by atoms with Gasteiger partial charge in [0.25, 0.3) is 0 Å². The van der Waals surface area contributed by atoms with Gasteiger partial charge < -0.3 is 9.80 Å². The van der Waals surface area contributed by atoms with Crippen LogP contribution in [0.25, 0.3) is 0 Å². The topological polar surface area (TPSA) is 18.8 Å². The largest absolute Gasteiger partial charge is 0.349 e. The van der Waals surface area contributed by atoms with Crippen LogP contribution in [0.1, 0.15) is 25.7 Å². The van der Waals surface area contributed by atoms with Gasteiger partial charge in [-0.25, -0.2) is 4.99 Å². The average Bonchev–Trinajstić information content (AvgIpc) is 2.18. The molecule has 0 saturated carbocycles. The van der Waals surface area contributed by atoms with Gasteiger partial charge in [-0.15, -0.1) is 0 Å². The van der Waals surface area contributed by atoms with E-state index in [1.54, 1.807) is 0 Å². The molecule has 0 aromatic rings. The molecule has 0 radical (unpaired) electrons. The first kappa shape index (κ1) is 12.1. The van der Waals surface area contributed by atoms with Gasteiger partial charge in [0.05, 0.1) is 6.54 Å². The van der Waals surface area contributed by atoms with Crippen LogP contribution in [0.5, 0.6) is 0 Å². The monoisotopic (exact) mass is 209 g/mol. The molecular formula is C12H23N3. The van der Waals surface area contributed by atoms with Crippen LogP contribution >= 0.6 is 0 Å². The van der Waals surface area contributed by atoms with E-state index in [9.17, 15) is 0 Å². The molecule has 3 heteroatoms. The van der Waals surface area contributed by atoms with Crippen LogP contribution in [0.3, 0.4) is 0 Å². The first-order chi connectivity index (χ1) is 7.11. The summed E-state index contributed by atoms with van der Waals surface area (Å²) < 4.78 is 0. The highest BCUT2D eigenvalue weighted by atomic mass is 15.3. The molecule has 0 aromatic heterocycles. The number of aliphatic imine (C=N–C) groups is 1. The van der Waals surface area contributed by atoms with E-state index in [-0.39, 0.29) is 0 Å². The number of nitrogens with zero attached hydrogens (tertiary/aromatic N) is 3. The van der Waals surface area contributed by atoms with Crippen LogP contribution < -0.4 is 0 Å². The maximum atomic E-state index is 4.65. The van der Waals surface area contributed by atoms with Crippen LogP contribution in [-0.2, 0) is 0 Å². The highest BCUT2D eigenvalue weighted by Crippen LogP contribution is 2.17. The lowest BCUT2D eigenvalue weighted by Crippen LogP contribution is -2.35. The van der Waals surface area contributed by atoms with Crippen molar-refractivity contribution < 1.29 is 0 Å². The maximum Gasteiger partial charge on any atom is 0.195 e.